The summed E-state index contributed by atoms with van der Waals surface area (Å²) in [6.07, 6.45) is 1.92. The van der Waals surface area contributed by atoms with Crippen molar-refractivity contribution >= 4 is 51.8 Å². The maximum atomic E-state index is 12.8. The Kier molecular flexibility index (Phi) is 6.21. The number of rotatable bonds is 5. The van der Waals surface area contributed by atoms with E-state index in [-0.39, 0.29) is 16.6 Å². The van der Waals surface area contributed by atoms with Crippen LogP contribution in [0.25, 0.3) is 11.0 Å². The van der Waals surface area contributed by atoms with E-state index in [0.717, 1.165) is 11.1 Å². The third-order valence-corrected chi connectivity index (χ3v) is 7.20. The second-order valence-corrected chi connectivity index (χ2v) is 9.87. The second-order valence-electron chi connectivity index (χ2n) is 7.72. The first-order valence-corrected chi connectivity index (χ1v) is 11.6. The summed E-state index contributed by atoms with van der Waals surface area (Å²) in [6.45, 7) is 3.96. The van der Waals surface area contributed by atoms with Crippen LogP contribution in [-0.2, 0) is 14.1 Å². The minimum atomic E-state index is -0.160. The van der Waals surface area contributed by atoms with Gasteiger partial charge in [-0.05, 0) is 43.2 Å². The fourth-order valence-electron chi connectivity index (χ4n) is 3.65. The standard InChI is InChI=1S/C24H21Cl2N3O2S/c1-13-12-28(3)22-20(13)23(31)29(4)24(27-22)32-14(2)15-5-7-16(8-6-15)21(30)18-10-9-17(25)11-19(18)26/h5-12,14H,1-4H3. The molecule has 4 rings (SSSR count). The molecule has 2 aromatic carbocycles. The van der Waals surface area contributed by atoms with Gasteiger partial charge in [-0.25, -0.2) is 4.98 Å². The van der Waals surface area contributed by atoms with E-state index in [1.54, 1.807) is 41.9 Å². The summed E-state index contributed by atoms with van der Waals surface area (Å²) in [4.78, 5) is 30.4. The van der Waals surface area contributed by atoms with Crippen LogP contribution in [0, 0.1) is 6.92 Å². The van der Waals surface area contributed by atoms with Gasteiger partial charge in [0, 0.05) is 41.7 Å². The monoisotopic (exact) mass is 485 g/mol. The van der Waals surface area contributed by atoms with Crippen LogP contribution in [0.1, 0.15) is 39.2 Å². The maximum Gasteiger partial charge on any atom is 0.263 e. The lowest BCUT2D eigenvalue weighted by atomic mass is 10.0. The largest absolute Gasteiger partial charge is 0.335 e. The number of hydrogen-bond donors (Lipinski definition) is 0. The fourth-order valence-corrected chi connectivity index (χ4v) is 5.14. The summed E-state index contributed by atoms with van der Waals surface area (Å²) in [5, 5.41) is 2.13. The van der Waals surface area contributed by atoms with Gasteiger partial charge in [0.1, 0.15) is 5.65 Å². The number of fused-ring (bicyclic) bond motifs is 1. The molecule has 0 saturated carbocycles. The summed E-state index contributed by atoms with van der Waals surface area (Å²) in [5.74, 6) is -0.160. The van der Waals surface area contributed by atoms with Crippen LogP contribution in [-0.4, -0.2) is 19.9 Å². The number of aromatic nitrogens is 3. The Balaban J connectivity index is 1.59. The molecule has 0 bridgehead atoms. The summed E-state index contributed by atoms with van der Waals surface area (Å²) in [5.41, 5.74) is 3.52. The van der Waals surface area contributed by atoms with Crippen LogP contribution in [0.3, 0.4) is 0 Å². The number of nitrogens with zero attached hydrogens (tertiary/aromatic N) is 3. The van der Waals surface area contributed by atoms with Crippen LogP contribution in [0.15, 0.2) is 58.6 Å². The highest BCUT2D eigenvalue weighted by Gasteiger charge is 2.18. The molecule has 0 aliphatic carbocycles. The van der Waals surface area contributed by atoms with E-state index in [4.69, 9.17) is 28.2 Å². The molecule has 2 heterocycles. The molecular formula is C24H21Cl2N3O2S. The molecule has 1 unspecified atom stereocenters. The molecule has 0 fully saturated rings. The van der Waals surface area contributed by atoms with E-state index < -0.39 is 0 Å². The maximum absolute atomic E-state index is 12.8. The molecule has 0 amide bonds. The summed E-state index contributed by atoms with van der Waals surface area (Å²) in [6, 6.07) is 12.2. The van der Waals surface area contributed by atoms with Crippen molar-refractivity contribution in [3.8, 4) is 0 Å². The average Bonchev–Trinajstić information content (AvgIpc) is 3.04. The van der Waals surface area contributed by atoms with Crippen molar-refractivity contribution in [1.29, 1.82) is 0 Å². The van der Waals surface area contributed by atoms with Crippen molar-refractivity contribution in [3.63, 3.8) is 0 Å². The molecule has 0 spiro atoms. The lowest BCUT2D eigenvalue weighted by Crippen LogP contribution is -2.20. The van der Waals surface area contributed by atoms with Crippen LogP contribution in [0.2, 0.25) is 10.0 Å². The van der Waals surface area contributed by atoms with E-state index in [1.807, 2.05) is 43.8 Å². The highest BCUT2D eigenvalue weighted by Crippen LogP contribution is 2.34. The molecule has 0 radical (unpaired) electrons. The van der Waals surface area contributed by atoms with Gasteiger partial charge >= 0.3 is 0 Å². The van der Waals surface area contributed by atoms with Crippen molar-refractivity contribution in [2.45, 2.75) is 24.3 Å². The van der Waals surface area contributed by atoms with E-state index in [1.165, 1.54) is 11.8 Å². The Bertz CT molecular complexity index is 1410. The second kappa shape index (κ2) is 8.77. The van der Waals surface area contributed by atoms with Crippen LogP contribution < -0.4 is 5.56 Å². The topological polar surface area (TPSA) is 56.9 Å². The molecular weight excluding hydrogens is 465 g/mol. The van der Waals surface area contributed by atoms with Gasteiger partial charge in [-0.3, -0.25) is 14.2 Å². The number of benzene rings is 2. The fraction of sp³-hybridized carbons (Fsp3) is 0.208. The van der Waals surface area contributed by atoms with Crippen molar-refractivity contribution < 1.29 is 4.79 Å². The zero-order valence-corrected chi connectivity index (χ0v) is 20.3. The predicted molar refractivity (Wildman–Crippen MR) is 131 cm³/mol. The molecule has 164 valence electrons. The zero-order valence-electron chi connectivity index (χ0n) is 18.0. The first-order valence-electron chi connectivity index (χ1n) is 9.96. The molecule has 2 aromatic heterocycles. The lowest BCUT2D eigenvalue weighted by molar-refractivity contribution is 0.103. The normalized spacial score (nSPS) is 12.3. The molecule has 32 heavy (non-hydrogen) atoms. The van der Waals surface area contributed by atoms with E-state index in [9.17, 15) is 9.59 Å². The SMILES string of the molecule is Cc1cn(C)c2nc(SC(C)c3ccc(C(=O)c4ccc(Cl)cc4Cl)cc3)n(C)c(=O)c12. The molecule has 8 heteroatoms. The Hall–Kier alpha value is -2.54. The van der Waals surface area contributed by atoms with Gasteiger partial charge in [-0.15, -0.1) is 0 Å². The highest BCUT2D eigenvalue weighted by atomic mass is 35.5. The van der Waals surface area contributed by atoms with Gasteiger partial charge in [-0.2, -0.15) is 0 Å². The van der Waals surface area contributed by atoms with Gasteiger partial charge in [0.05, 0.1) is 10.4 Å². The van der Waals surface area contributed by atoms with Gasteiger partial charge in [-0.1, -0.05) is 59.2 Å². The number of hydrogen-bond acceptors (Lipinski definition) is 4. The number of ketones is 1. The summed E-state index contributed by atoms with van der Waals surface area (Å²) < 4.78 is 3.47. The number of thioether (sulfide) groups is 1. The van der Waals surface area contributed by atoms with Crippen molar-refractivity contribution in [3.05, 3.63) is 91.3 Å². The number of carbonyl (C=O) groups excluding carboxylic acids is 1. The molecule has 4 aromatic rings. The minimum absolute atomic E-state index is 0.0233. The lowest BCUT2D eigenvalue weighted by Gasteiger charge is -2.14. The van der Waals surface area contributed by atoms with E-state index in [2.05, 4.69) is 0 Å². The van der Waals surface area contributed by atoms with Gasteiger partial charge in [0.2, 0.25) is 0 Å². The molecule has 0 N–H and O–H groups in total. The van der Waals surface area contributed by atoms with Crippen molar-refractivity contribution in [2.75, 3.05) is 0 Å². The molecule has 5 nitrogen and oxygen atoms in total. The quantitative estimate of drug-likeness (QED) is 0.198. The average molecular weight is 486 g/mol. The third kappa shape index (κ3) is 4.10. The number of carbonyl (C=O) groups is 1. The highest BCUT2D eigenvalue weighted by molar-refractivity contribution is 7.99. The Morgan fingerprint density at radius 2 is 1.78 bits per heavy atom. The van der Waals surface area contributed by atoms with Crippen molar-refractivity contribution in [2.24, 2.45) is 14.1 Å². The first kappa shape index (κ1) is 22.6. The Labute approximate surface area is 200 Å². The predicted octanol–water partition coefficient (Wildman–Crippen LogP) is 5.97. The first-order chi connectivity index (χ1) is 15.2. The van der Waals surface area contributed by atoms with Gasteiger partial charge in [0.15, 0.2) is 10.9 Å². The minimum Gasteiger partial charge on any atom is -0.335 e. The van der Waals surface area contributed by atoms with Crippen LogP contribution >= 0.6 is 35.0 Å². The van der Waals surface area contributed by atoms with Gasteiger partial charge in [0.25, 0.3) is 5.56 Å². The Morgan fingerprint density at radius 1 is 1.09 bits per heavy atom. The summed E-state index contributed by atoms with van der Waals surface area (Å²) in [7, 11) is 3.64. The van der Waals surface area contributed by atoms with E-state index in [0.29, 0.717) is 37.4 Å². The van der Waals surface area contributed by atoms with Crippen LogP contribution in [0.5, 0.6) is 0 Å². The van der Waals surface area contributed by atoms with Gasteiger partial charge < -0.3 is 4.57 Å². The molecule has 0 aliphatic rings. The molecule has 0 aliphatic heterocycles. The number of halogens is 2. The van der Waals surface area contributed by atoms with Crippen LogP contribution in [0.4, 0.5) is 0 Å². The molecule has 0 saturated heterocycles. The van der Waals surface area contributed by atoms with Crippen molar-refractivity contribution in [1.82, 2.24) is 14.1 Å². The Morgan fingerprint density at radius 3 is 2.44 bits per heavy atom. The van der Waals surface area contributed by atoms with E-state index >= 15 is 0 Å². The summed E-state index contributed by atoms with van der Waals surface area (Å²) >= 11 is 13.6. The zero-order chi connectivity index (χ0) is 23.2. The molecule has 1 atom stereocenters. The number of aryl methyl sites for hydroxylation is 2. The smallest absolute Gasteiger partial charge is 0.263 e. The third-order valence-electron chi connectivity index (χ3n) is 5.45.